The molecule has 30 heavy (non-hydrogen) atoms. The fraction of sp³-hybridized carbons (Fsp3) is 0.409. The van der Waals surface area contributed by atoms with Crippen molar-refractivity contribution in [1.29, 1.82) is 0 Å². The van der Waals surface area contributed by atoms with Gasteiger partial charge >= 0.3 is 0 Å². The summed E-state index contributed by atoms with van der Waals surface area (Å²) in [7, 11) is 0. The molecule has 3 heterocycles. The van der Waals surface area contributed by atoms with Crippen LogP contribution in [0.1, 0.15) is 48.7 Å². The Morgan fingerprint density at radius 2 is 2.10 bits per heavy atom. The van der Waals surface area contributed by atoms with Gasteiger partial charge in [-0.3, -0.25) is 14.9 Å². The Balaban J connectivity index is 1.53. The summed E-state index contributed by atoms with van der Waals surface area (Å²) in [4.78, 5) is 18.5. The third-order valence-corrected chi connectivity index (χ3v) is 6.66. The van der Waals surface area contributed by atoms with Gasteiger partial charge in [-0.2, -0.15) is 5.10 Å². The van der Waals surface area contributed by atoms with Gasteiger partial charge < -0.3 is 10.0 Å². The molecular weight excluding hydrogens is 407 g/mol. The van der Waals surface area contributed by atoms with Crippen LogP contribution in [0.5, 0.6) is 0 Å². The molecule has 4 rings (SSSR count). The lowest BCUT2D eigenvalue weighted by atomic mass is 9.68. The fourth-order valence-electron chi connectivity index (χ4n) is 4.41. The summed E-state index contributed by atoms with van der Waals surface area (Å²) in [6, 6.07) is 5.00. The number of halogens is 2. The number of aromatic amines is 1. The number of benzene rings is 1. The number of nitrogens with one attached hydrogen (secondary N) is 1. The number of aliphatic hydroxyl groups excluding tert-OH is 1. The summed E-state index contributed by atoms with van der Waals surface area (Å²) in [5, 5.41) is 18.6. The van der Waals surface area contributed by atoms with Crippen molar-refractivity contribution >= 4 is 28.4 Å². The Labute approximate surface area is 179 Å². The van der Waals surface area contributed by atoms with Gasteiger partial charge in [0.2, 0.25) is 0 Å². The molecule has 8 heteroatoms. The first-order valence-corrected chi connectivity index (χ1v) is 10.4. The van der Waals surface area contributed by atoms with Crippen LogP contribution in [-0.4, -0.2) is 44.2 Å². The number of amides is 1. The van der Waals surface area contributed by atoms with Gasteiger partial charge in [-0.05, 0) is 42.4 Å². The smallest absolute Gasteiger partial charge is 0.255 e. The highest BCUT2D eigenvalue weighted by molar-refractivity contribution is 6.31. The topological polar surface area (TPSA) is 82.1 Å². The van der Waals surface area contributed by atoms with Crippen molar-refractivity contribution in [3.05, 3.63) is 58.8 Å². The number of carbonyl (C=O) groups excluding carboxylic acids is 1. The molecule has 0 bridgehead atoms. The highest BCUT2D eigenvalue weighted by Gasteiger charge is 2.41. The molecule has 1 atom stereocenters. The maximum Gasteiger partial charge on any atom is 0.255 e. The Morgan fingerprint density at radius 1 is 1.37 bits per heavy atom. The Morgan fingerprint density at radius 3 is 2.77 bits per heavy atom. The molecule has 2 aromatic heterocycles. The lowest BCUT2D eigenvalue weighted by Gasteiger charge is -2.43. The van der Waals surface area contributed by atoms with Crippen molar-refractivity contribution in [2.45, 2.75) is 32.8 Å². The van der Waals surface area contributed by atoms with Gasteiger partial charge in [0.25, 0.3) is 5.91 Å². The maximum absolute atomic E-state index is 14.9. The Kier molecular flexibility index (Phi) is 5.51. The molecule has 1 fully saturated rings. The maximum atomic E-state index is 14.9. The summed E-state index contributed by atoms with van der Waals surface area (Å²) in [6.45, 7) is 5.02. The van der Waals surface area contributed by atoms with Crippen molar-refractivity contribution in [2.24, 2.45) is 11.3 Å². The number of likely N-dealkylation sites (tertiary alicyclic amines) is 1. The molecule has 3 aromatic rings. The van der Waals surface area contributed by atoms with Gasteiger partial charge in [0.05, 0.1) is 28.4 Å². The lowest BCUT2D eigenvalue weighted by molar-refractivity contribution is -0.0181. The highest BCUT2D eigenvalue weighted by atomic mass is 35.5. The molecule has 1 amide bonds. The van der Waals surface area contributed by atoms with Crippen LogP contribution < -0.4 is 0 Å². The summed E-state index contributed by atoms with van der Waals surface area (Å²) < 4.78 is 14.9. The van der Waals surface area contributed by atoms with Crippen molar-refractivity contribution in [3.63, 3.8) is 0 Å². The minimum Gasteiger partial charge on any atom is -0.388 e. The number of piperidine rings is 1. The van der Waals surface area contributed by atoms with E-state index in [2.05, 4.69) is 15.2 Å². The van der Waals surface area contributed by atoms with Gasteiger partial charge in [0.1, 0.15) is 5.82 Å². The van der Waals surface area contributed by atoms with Crippen molar-refractivity contribution < 1.29 is 14.3 Å². The molecular formula is C22H24ClFN4O2. The number of hydrogen-bond donors (Lipinski definition) is 2. The van der Waals surface area contributed by atoms with Crippen molar-refractivity contribution in [3.8, 4) is 0 Å². The van der Waals surface area contributed by atoms with E-state index in [1.165, 1.54) is 6.07 Å². The lowest BCUT2D eigenvalue weighted by Crippen LogP contribution is -2.43. The number of fused-ring (bicyclic) bond motifs is 1. The molecule has 1 aromatic carbocycles. The zero-order valence-electron chi connectivity index (χ0n) is 16.9. The number of rotatable bonds is 4. The number of aliphatic hydroxyl groups is 1. The van der Waals surface area contributed by atoms with E-state index in [9.17, 15) is 14.3 Å². The van der Waals surface area contributed by atoms with Crippen molar-refractivity contribution in [1.82, 2.24) is 20.1 Å². The molecule has 1 aliphatic rings. The summed E-state index contributed by atoms with van der Waals surface area (Å²) in [5.74, 6) is -0.569. The molecule has 0 aliphatic carbocycles. The number of carbonyl (C=O) groups is 1. The minimum absolute atomic E-state index is 0.0364. The number of H-pyrrole nitrogens is 1. The average Bonchev–Trinajstić information content (AvgIpc) is 3.22. The predicted molar refractivity (Wildman–Crippen MR) is 113 cm³/mol. The van der Waals surface area contributed by atoms with E-state index in [0.29, 0.717) is 42.4 Å². The monoisotopic (exact) mass is 430 g/mol. The predicted octanol–water partition coefficient (Wildman–Crippen LogP) is 4.36. The van der Waals surface area contributed by atoms with Crippen LogP contribution in [-0.2, 0) is 0 Å². The molecule has 1 aliphatic heterocycles. The van der Waals surface area contributed by atoms with Crippen LogP contribution in [0.2, 0.25) is 5.02 Å². The van der Waals surface area contributed by atoms with Gasteiger partial charge in [-0.1, -0.05) is 25.4 Å². The second-order valence-corrected chi connectivity index (χ2v) is 8.86. The van der Waals surface area contributed by atoms with Crippen LogP contribution in [0.25, 0.3) is 10.9 Å². The molecule has 1 saturated heterocycles. The first-order valence-electron chi connectivity index (χ1n) is 9.99. The second-order valence-electron chi connectivity index (χ2n) is 8.45. The third kappa shape index (κ3) is 3.56. The number of aromatic nitrogens is 3. The van der Waals surface area contributed by atoms with E-state index in [1.54, 1.807) is 30.7 Å². The molecule has 158 valence electrons. The zero-order valence-corrected chi connectivity index (χ0v) is 17.7. The van der Waals surface area contributed by atoms with Crippen molar-refractivity contribution in [2.75, 3.05) is 13.1 Å². The second kappa shape index (κ2) is 7.96. The summed E-state index contributed by atoms with van der Waals surface area (Å²) in [5.41, 5.74) is 0.543. The molecule has 2 N–H and O–H groups in total. The summed E-state index contributed by atoms with van der Waals surface area (Å²) >= 11 is 6.06. The van der Waals surface area contributed by atoms with Crippen LogP contribution in [0.4, 0.5) is 4.39 Å². The van der Waals surface area contributed by atoms with Gasteiger partial charge in [-0.15, -0.1) is 0 Å². The average molecular weight is 431 g/mol. The third-order valence-electron chi connectivity index (χ3n) is 6.39. The normalized spacial score (nSPS) is 16.8. The minimum atomic E-state index is -1.08. The van der Waals surface area contributed by atoms with E-state index in [-0.39, 0.29) is 22.4 Å². The quantitative estimate of drug-likeness (QED) is 0.644. The van der Waals surface area contributed by atoms with Crippen LogP contribution in [0, 0.1) is 17.2 Å². The number of pyridine rings is 1. The standard InChI is InChI=1S/C22H24ClFN4O2/c1-22(2,20(29)17-18(24)16(23)10-14-12-26-27-19(14)17)15-5-8-28(9-6-15)21(30)13-4-3-7-25-11-13/h3-4,7,10-12,15,20,29H,5-6,8-9H2,1-2H3,(H,26,27). The highest BCUT2D eigenvalue weighted by Crippen LogP contribution is 2.47. The van der Waals surface area contributed by atoms with E-state index in [1.807, 2.05) is 18.7 Å². The zero-order chi connectivity index (χ0) is 21.5. The molecule has 0 spiro atoms. The Hall–Kier alpha value is -2.51. The van der Waals surface area contributed by atoms with Gasteiger partial charge in [0, 0.05) is 36.4 Å². The first-order chi connectivity index (χ1) is 14.3. The SMILES string of the molecule is CC(C)(C1CCN(C(=O)c2cccnc2)CC1)C(O)c1c(F)c(Cl)cc2cn[nH]c12. The first kappa shape index (κ1) is 20.8. The van der Waals surface area contributed by atoms with E-state index >= 15 is 0 Å². The largest absolute Gasteiger partial charge is 0.388 e. The molecule has 0 saturated carbocycles. The van der Waals surface area contributed by atoms with E-state index in [4.69, 9.17) is 11.6 Å². The fourth-order valence-corrected chi connectivity index (χ4v) is 4.63. The van der Waals surface area contributed by atoms with Gasteiger partial charge in [0.15, 0.2) is 0 Å². The van der Waals surface area contributed by atoms with E-state index < -0.39 is 17.3 Å². The van der Waals surface area contributed by atoms with Gasteiger partial charge in [-0.25, -0.2) is 4.39 Å². The van der Waals surface area contributed by atoms with E-state index in [0.717, 1.165) is 0 Å². The van der Waals surface area contributed by atoms with Crippen LogP contribution >= 0.6 is 11.6 Å². The number of nitrogens with zero attached hydrogens (tertiary/aromatic N) is 3. The molecule has 0 radical (unpaired) electrons. The molecule has 1 unspecified atom stereocenters. The Bertz CT molecular complexity index is 1060. The molecule has 6 nitrogen and oxygen atoms in total. The summed E-state index contributed by atoms with van der Waals surface area (Å²) in [6.07, 6.45) is 5.11. The number of hydrogen-bond acceptors (Lipinski definition) is 4. The van der Waals surface area contributed by atoms with Crippen LogP contribution in [0.3, 0.4) is 0 Å². The van der Waals surface area contributed by atoms with Crippen LogP contribution in [0.15, 0.2) is 36.8 Å².